The molecule has 0 spiro atoms. The van der Waals surface area contributed by atoms with Gasteiger partial charge in [-0.25, -0.2) is 0 Å². The van der Waals surface area contributed by atoms with Crippen LogP contribution in [0.5, 0.6) is 0 Å². The molecule has 0 saturated carbocycles. The molecule has 0 heterocycles. The fourth-order valence-corrected chi connectivity index (χ4v) is 2.27. The van der Waals surface area contributed by atoms with Crippen LogP contribution in [0, 0.1) is 6.92 Å². The second-order valence-corrected chi connectivity index (χ2v) is 5.56. The van der Waals surface area contributed by atoms with Crippen molar-refractivity contribution in [2.75, 3.05) is 10.7 Å². The van der Waals surface area contributed by atoms with Crippen LogP contribution in [0.15, 0.2) is 40.9 Å². The number of nitrogens with one attached hydrogen (secondary N) is 2. The molecule has 20 heavy (non-hydrogen) atoms. The molecule has 0 fully saturated rings. The van der Waals surface area contributed by atoms with Crippen LogP contribution >= 0.6 is 27.5 Å². The second-order valence-electron chi connectivity index (χ2n) is 4.27. The fourth-order valence-electron chi connectivity index (χ4n) is 1.75. The largest absolute Gasteiger partial charge is 0.323 e. The molecule has 0 aliphatic rings. The lowest BCUT2D eigenvalue weighted by molar-refractivity contribution is 0.102. The molecule has 6 heteroatoms. The molecular weight excluding hydrogens is 342 g/mol. The van der Waals surface area contributed by atoms with Gasteiger partial charge in [-0.05, 0) is 58.7 Å². The van der Waals surface area contributed by atoms with Crippen LogP contribution < -0.4 is 16.6 Å². The highest BCUT2D eigenvalue weighted by Crippen LogP contribution is 2.26. The van der Waals surface area contributed by atoms with E-state index in [0.717, 1.165) is 10.0 Å². The number of nitrogens with two attached hydrogens (primary N) is 1. The summed E-state index contributed by atoms with van der Waals surface area (Å²) in [4.78, 5) is 12.3. The molecule has 0 radical (unpaired) electrons. The topological polar surface area (TPSA) is 67.2 Å². The number of anilines is 2. The molecule has 0 bridgehead atoms. The summed E-state index contributed by atoms with van der Waals surface area (Å²) in [5.41, 5.74) is 5.12. The van der Waals surface area contributed by atoms with E-state index in [1.54, 1.807) is 18.2 Å². The predicted octanol–water partition coefficient (Wildman–Crippen LogP) is 3.95. The summed E-state index contributed by atoms with van der Waals surface area (Å²) in [6.45, 7) is 1.95. The minimum absolute atomic E-state index is 0.285. The van der Waals surface area contributed by atoms with Gasteiger partial charge in [0.2, 0.25) is 0 Å². The maximum absolute atomic E-state index is 12.3. The number of carbonyl (C=O) groups excluding carboxylic acids is 1. The molecule has 0 aliphatic carbocycles. The third-order valence-electron chi connectivity index (χ3n) is 2.75. The van der Waals surface area contributed by atoms with Crippen molar-refractivity contribution >= 4 is 44.8 Å². The van der Waals surface area contributed by atoms with Crippen molar-refractivity contribution in [3.63, 3.8) is 0 Å². The van der Waals surface area contributed by atoms with Crippen molar-refractivity contribution in [3.8, 4) is 0 Å². The zero-order chi connectivity index (χ0) is 14.7. The van der Waals surface area contributed by atoms with Crippen LogP contribution in [-0.4, -0.2) is 5.91 Å². The Kier molecular flexibility index (Phi) is 4.65. The quantitative estimate of drug-likeness (QED) is 0.577. The lowest BCUT2D eigenvalue weighted by Gasteiger charge is -2.11. The molecule has 2 rings (SSSR count). The molecule has 0 atom stereocenters. The van der Waals surface area contributed by atoms with E-state index in [4.69, 9.17) is 17.4 Å². The van der Waals surface area contributed by atoms with Crippen LogP contribution in [0.4, 0.5) is 11.4 Å². The first-order valence-corrected chi connectivity index (χ1v) is 7.02. The molecule has 0 unspecified atom stereocenters. The zero-order valence-electron chi connectivity index (χ0n) is 10.7. The third-order valence-corrected chi connectivity index (χ3v) is 3.68. The standard InChI is InChI=1S/C14H13BrClN3O/c1-8-2-4-11(15)13(6-8)18-14(20)10-7-9(16)3-5-12(10)19-17/h2-7,19H,17H2,1H3,(H,18,20). The highest BCUT2D eigenvalue weighted by atomic mass is 79.9. The number of hydrogen-bond donors (Lipinski definition) is 3. The van der Waals surface area contributed by atoms with E-state index in [9.17, 15) is 4.79 Å². The summed E-state index contributed by atoms with van der Waals surface area (Å²) in [6, 6.07) is 10.6. The first-order chi connectivity index (χ1) is 9.51. The molecule has 2 aromatic rings. The molecule has 0 aliphatic heterocycles. The van der Waals surface area contributed by atoms with Gasteiger partial charge in [0.1, 0.15) is 0 Å². The van der Waals surface area contributed by atoms with Gasteiger partial charge in [-0.3, -0.25) is 10.6 Å². The Hall–Kier alpha value is -1.56. The minimum atomic E-state index is -0.285. The van der Waals surface area contributed by atoms with Crippen molar-refractivity contribution in [1.29, 1.82) is 0 Å². The van der Waals surface area contributed by atoms with Gasteiger partial charge in [0.25, 0.3) is 5.91 Å². The van der Waals surface area contributed by atoms with E-state index in [1.807, 2.05) is 25.1 Å². The van der Waals surface area contributed by atoms with Gasteiger partial charge in [0, 0.05) is 9.50 Å². The van der Waals surface area contributed by atoms with Gasteiger partial charge in [0.15, 0.2) is 0 Å². The number of nitrogen functional groups attached to an aromatic ring is 1. The molecule has 2 aromatic carbocycles. The predicted molar refractivity (Wildman–Crippen MR) is 86.1 cm³/mol. The average Bonchev–Trinajstić information content (AvgIpc) is 2.42. The normalized spacial score (nSPS) is 10.2. The van der Waals surface area contributed by atoms with E-state index >= 15 is 0 Å². The molecule has 4 N–H and O–H groups in total. The molecule has 0 saturated heterocycles. The monoisotopic (exact) mass is 353 g/mol. The summed E-state index contributed by atoms with van der Waals surface area (Å²) in [5, 5.41) is 3.30. The third kappa shape index (κ3) is 3.30. The van der Waals surface area contributed by atoms with Crippen LogP contribution in [0.3, 0.4) is 0 Å². The molecule has 0 aromatic heterocycles. The van der Waals surface area contributed by atoms with E-state index < -0.39 is 0 Å². The Bertz CT molecular complexity index is 661. The second kappa shape index (κ2) is 6.26. The van der Waals surface area contributed by atoms with E-state index in [2.05, 4.69) is 26.7 Å². The molecule has 4 nitrogen and oxygen atoms in total. The molecule has 1 amide bonds. The van der Waals surface area contributed by atoms with Crippen LogP contribution in [-0.2, 0) is 0 Å². The molecular formula is C14H13BrClN3O. The van der Waals surface area contributed by atoms with Gasteiger partial charge in [-0.15, -0.1) is 0 Å². The SMILES string of the molecule is Cc1ccc(Br)c(NC(=O)c2cc(Cl)ccc2NN)c1. The maximum Gasteiger partial charge on any atom is 0.257 e. The summed E-state index contributed by atoms with van der Waals surface area (Å²) >= 11 is 9.32. The Balaban J connectivity index is 2.32. The Labute approximate surface area is 130 Å². The number of aryl methyl sites for hydroxylation is 1. The van der Waals surface area contributed by atoms with Gasteiger partial charge in [-0.2, -0.15) is 0 Å². The van der Waals surface area contributed by atoms with Crippen LogP contribution in [0.2, 0.25) is 5.02 Å². The highest BCUT2D eigenvalue weighted by Gasteiger charge is 2.13. The first kappa shape index (κ1) is 14.8. The van der Waals surface area contributed by atoms with Crippen molar-refractivity contribution in [3.05, 3.63) is 57.0 Å². The van der Waals surface area contributed by atoms with E-state index in [1.165, 1.54) is 0 Å². The Morgan fingerprint density at radius 2 is 1.95 bits per heavy atom. The minimum Gasteiger partial charge on any atom is -0.323 e. The van der Waals surface area contributed by atoms with Gasteiger partial charge < -0.3 is 10.7 Å². The number of benzene rings is 2. The average molecular weight is 355 g/mol. The summed E-state index contributed by atoms with van der Waals surface area (Å²) in [6.07, 6.45) is 0. The number of rotatable bonds is 3. The fraction of sp³-hybridized carbons (Fsp3) is 0.0714. The van der Waals surface area contributed by atoms with Gasteiger partial charge >= 0.3 is 0 Å². The summed E-state index contributed by atoms with van der Waals surface area (Å²) < 4.78 is 0.806. The van der Waals surface area contributed by atoms with Crippen molar-refractivity contribution in [1.82, 2.24) is 0 Å². The van der Waals surface area contributed by atoms with Crippen LogP contribution in [0.1, 0.15) is 15.9 Å². The van der Waals surface area contributed by atoms with E-state index in [-0.39, 0.29) is 5.91 Å². The molecule has 104 valence electrons. The number of carbonyl (C=O) groups is 1. The summed E-state index contributed by atoms with van der Waals surface area (Å²) in [7, 11) is 0. The lowest BCUT2D eigenvalue weighted by Crippen LogP contribution is -2.17. The maximum atomic E-state index is 12.3. The van der Waals surface area contributed by atoms with Crippen molar-refractivity contribution < 1.29 is 4.79 Å². The van der Waals surface area contributed by atoms with Crippen molar-refractivity contribution in [2.24, 2.45) is 5.84 Å². The smallest absolute Gasteiger partial charge is 0.257 e. The zero-order valence-corrected chi connectivity index (χ0v) is 13.0. The number of halogens is 2. The first-order valence-electron chi connectivity index (χ1n) is 5.85. The van der Waals surface area contributed by atoms with Crippen molar-refractivity contribution in [2.45, 2.75) is 6.92 Å². The number of hydrogen-bond acceptors (Lipinski definition) is 3. The van der Waals surface area contributed by atoms with Gasteiger partial charge in [-0.1, -0.05) is 17.7 Å². The van der Waals surface area contributed by atoms with Crippen LogP contribution in [0.25, 0.3) is 0 Å². The summed E-state index contributed by atoms with van der Waals surface area (Å²) in [5.74, 6) is 5.12. The van der Waals surface area contributed by atoms with E-state index in [0.29, 0.717) is 22.0 Å². The van der Waals surface area contributed by atoms with Gasteiger partial charge in [0.05, 0.1) is 16.9 Å². The lowest BCUT2D eigenvalue weighted by atomic mass is 10.1. The number of amides is 1. The Morgan fingerprint density at radius 3 is 2.65 bits per heavy atom. The number of hydrazine groups is 1. The highest BCUT2D eigenvalue weighted by molar-refractivity contribution is 9.10. The Morgan fingerprint density at radius 1 is 1.20 bits per heavy atom.